The molecule has 1 nitrogen and oxygen atoms in total. The summed E-state index contributed by atoms with van der Waals surface area (Å²) in [6, 6.07) is 5.75. The normalized spacial score (nSPS) is 11.4. The number of carbonyl (C=O) groups excluding carboxylic acids is 1. The first kappa shape index (κ1) is 10.3. The molecule has 1 rings (SSSR count). The summed E-state index contributed by atoms with van der Waals surface area (Å²) in [5.74, 6) is 0. The van der Waals surface area contributed by atoms with Gasteiger partial charge in [0.15, 0.2) is 0 Å². The Bertz CT molecular complexity index is 329. The maximum Gasteiger partial charge on any atom is 0.130 e. The van der Waals surface area contributed by atoms with Gasteiger partial charge >= 0.3 is 0 Å². The van der Waals surface area contributed by atoms with Crippen LogP contribution in [0.5, 0.6) is 0 Å². The summed E-state index contributed by atoms with van der Waals surface area (Å²) >= 11 is 6.03. The molecule has 1 aromatic carbocycles. The van der Waals surface area contributed by atoms with Gasteiger partial charge < -0.3 is 4.79 Å². The van der Waals surface area contributed by atoms with Gasteiger partial charge in [0.05, 0.1) is 0 Å². The van der Waals surface area contributed by atoms with Gasteiger partial charge in [0.25, 0.3) is 0 Å². The van der Waals surface area contributed by atoms with E-state index in [9.17, 15) is 4.79 Å². The molecule has 0 bridgehead atoms. The summed E-state index contributed by atoms with van der Waals surface area (Å²) in [7, 11) is 0. The number of aryl methyl sites for hydroxylation is 1. The predicted octanol–water partition coefficient (Wildman–Crippen LogP) is 3.12. The zero-order valence-electron chi connectivity index (χ0n) is 8.10. The molecule has 0 radical (unpaired) electrons. The molecule has 0 heterocycles. The summed E-state index contributed by atoms with van der Waals surface area (Å²) in [5, 5.41) is 0.664. The zero-order valence-corrected chi connectivity index (χ0v) is 8.85. The van der Waals surface area contributed by atoms with Crippen LogP contribution in [0, 0.1) is 6.92 Å². The average molecular weight is 197 g/mol. The third kappa shape index (κ3) is 2.10. The van der Waals surface area contributed by atoms with Crippen molar-refractivity contribution >= 4 is 17.9 Å². The molecule has 13 heavy (non-hydrogen) atoms. The van der Waals surface area contributed by atoms with Gasteiger partial charge in [0.1, 0.15) is 6.29 Å². The van der Waals surface area contributed by atoms with Crippen LogP contribution in [0.1, 0.15) is 25.0 Å². The molecule has 0 aromatic heterocycles. The predicted molar refractivity (Wildman–Crippen MR) is 55.3 cm³/mol. The van der Waals surface area contributed by atoms with Gasteiger partial charge in [-0.05, 0) is 38.0 Å². The van der Waals surface area contributed by atoms with Gasteiger partial charge in [-0.25, -0.2) is 0 Å². The third-order valence-electron chi connectivity index (χ3n) is 2.11. The summed E-state index contributed by atoms with van der Waals surface area (Å²) in [6.07, 6.45) is 0.920. The highest BCUT2D eigenvalue weighted by Crippen LogP contribution is 2.28. The highest BCUT2D eigenvalue weighted by atomic mass is 35.5. The summed E-state index contributed by atoms with van der Waals surface area (Å²) in [5.41, 5.74) is 1.50. The fraction of sp³-hybridized carbons (Fsp3) is 0.364. The molecule has 0 aliphatic carbocycles. The van der Waals surface area contributed by atoms with E-state index in [4.69, 9.17) is 11.6 Å². The molecule has 0 atom stereocenters. The Hall–Kier alpha value is -0.820. The van der Waals surface area contributed by atoms with Crippen molar-refractivity contribution in [1.29, 1.82) is 0 Å². The van der Waals surface area contributed by atoms with Crippen molar-refractivity contribution < 1.29 is 4.79 Å². The van der Waals surface area contributed by atoms with E-state index in [-0.39, 0.29) is 0 Å². The number of carbonyl (C=O) groups is 1. The fourth-order valence-electron chi connectivity index (χ4n) is 1.21. The van der Waals surface area contributed by atoms with E-state index in [1.165, 1.54) is 0 Å². The number of halogens is 1. The van der Waals surface area contributed by atoms with Crippen LogP contribution in [0.2, 0.25) is 5.02 Å². The molecule has 70 valence electrons. The second-order valence-corrected chi connectivity index (χ2v) is 4.23. The first-order valence-electron chi connectivity index (χ1n) is 4.20. The monoisotopic (exact) mass is 196 g/mol. The van der Waals surface area contributed by atoms with Crippen molar-refractivity contribution in [3.8, 4) is 0 Å². The van der Waals surface area contributed by atoms with Crippen molar-refractivity contribution in [3.05, 3.63) is 34.3 Å². The van der Waals surface area contributed by atoms with E-state index >= 15 is 0 Å². The van der Waals surface area contributed by atoms with Crippen LogP contribution < -0.4 is 0 Å². The van der Waals surface area contributed by atoms with Crippen LogP contribution in [-0.4, -0.2) is 6.29 Å². The van der Waals surface area contributed by atoms with E-state index in [0.29, 0.717) is 5.02 Å². The highest BCUT2D eigenvalue weighted by Gasteiger charge is 2.21. The van der Waals surface area contributed by atoms with E-state index in [0.717, 1.165) is 17.4 Å². The molecule has 0 N–H and O–H groups in total. The molecule has 0 unspecified atom stereocenters. The van der Waals surface area contributed by atoms with E-state index in [2.05, 4.69) is 0 Å². The molecular weight excluding hydrogens is 184 g/mol. The molecule has 0 aliphatic rings. The molecule has 1 aromatic rings. The smallest absolute Gasteiger partial charge is 0.130 e. The lowest BCUT2D eigenvalue weighted by atomic mass is 9.86. The Morgan fingerprint density at radius 3 is 2.46 bits per heavy atom. The Morgan fingerprint density at radius 1 is 1.38 bits per heavy atom. The lowest BCUT2D eigenvalue weighted by molar-refractivity contribution is -0.111. The van der Waals surface area contributed by atoms with Crippen LogP contribution in [0.15, 0.2) is 18.2 Å². The van der Waals surface area contributed by atoms with E-state index < -0.39 is 5.41 Å². The molecule has 0 amide bonds. The standard InChI is InChI=1S/C11H13ClO/c1-8-4-5-9(10(12)6-8)11(2,3)7-13/h4-7H,1-3H3. The van der Waals surface area contributed by atoms with Crippen molar-refractivity contribution in [3.63, 3.8) is 0 Å². The van der Waals surface area contributed by atoms with Gasteiger partial charge in [0, 0.05) is 10.4 Å². The van der Waals surface area contributed by atoms with Crippen molar-refractivity contribution in [2.75, 3.05) is 0 Å². The van der Waals surface area contributed by atoms with Crippen LogP contribution in [-0.2, 0) is 10.2 Å². The van der Waals surface area contributed by atoms with Crippen LogP contribution in [0.25, 0.3) is 0 Å². The number of rotatable bonds is 2. The van der Waals surface area contributed by atoms with Gasteiger partial charge in [-0.2, -0.15) is 0 Å². The first-order chi connectivity index (χ1) is 5.97. The molecule has 0 saturated heterocycles. The Kier molecular flexibility index (Phi) is 2.77. The zero-order chi connectivity index (χ0) is 10.1. The van der Waals surface area contributed by atoms with Gasteiger partial charge in [-0.15, -0.1) is 0 Å². The number of aldehydes is 1. The summed E-state index contributed by atoms with van der Waals surface area (Å²) < 4.78 is 0. The second-order valence-electron chi connectivity index (χ2n) is 3.82. The molecule has 0 fully saturated rings. The number of hydrogen-bond acceptors (Lipinski definition) is 1. The quantitative estimate of drug-likeness (QED) is 0.665. The van der Waals surface area contributed by atoms with Gasteiger partial charge in [-0.1, -0.05) is 23.7 Å². The second kappa shape index (κ2) is 3.51. The lowest BCUT2D eigenvalue weighted by Gasteiger charge is -2.19. The topological polar surface area (TPSA) is 17.1 Å². The van der Waals surface area contributed by atoms with Crippen molar-refractivity contribution in [1.82, 2.24) is 0 Å². The van der Waals surface area contributed by atoms with Crippen LogP contribution >= 0.6 is 11.6 Å². The molecule has 0 spiro atoms. The highest BCUT2D eigenvalue weighted by molar-refractivity contribution is 6.31. The third-order valence-corrected chi connectivity index (χ3v) is 2.43. The van der Waals surface area contributed by atoms with E-state index in [1.807, 2.05) is 39.0 Å². The van der Waals surface area contributed by atoms with Gasteiger partial charge in [0.2, 0.25) is 0 Å². The minimum atomic E-state index is -0.495. The molecular formula is C11H13ClO. The van der Waals surface area contributed by atoms with Gasteiger partial charge in [-0.3, -0.25) is 0 Å². The van der Waals surface area contributed by atoms with E-state index in [1.54, 1.807) is 0 Å². The Morgan fingerprint density at radius 2 is 2.00 bits per heavy atom. The Labute approximate surface area is 83.7 Å². The average Bonchev–Trinajstić information content (AvgIpc) is 2.03. The molecule has 2 heteroatoms. The SMILES string of the molecule is Cc1ccc(C(C)(C)C=O)c(Cl)c1. The van der Waals surface area contributed by atoms with Crippen molar-refractivity contribution in [2.45, 2.75) is 26.2 Å². The minimum absolute atomic E-state index is 0.495. The number of hydrogen-bond donors (Lipinski definition) is 0. The lowest BCUT2D eigenvalue weighted by Crippen LogP contribution is -2.19. The summed E-state index contributed by atoms with van der Waals surface area (Å²) in [6.45, 7) is 5.69. The minimum Gasteiger partial charge on any atom is -0.302 e. The van der Waals surface area contributed by atoms with Crippen LogP contribution in [0.4, 0.5) is 0 Å². The van der Waals surface area contributed by atoms with Crippen molar-refractivity contribution in [2.24, 2.45) is 0 Å². The fourth-order valence-corrected chi connectivity index (χ4v) is 1.68. The first-order valence-corrected chi connectivity index (χ1v) is 4.58. The largest absolute Gasteiger partial charge is 0.302 e. The number of benzene rings is 1. The summed E-state index contributed by atoms with van der Waals surface area (Å²) in [4.78, 5) is 10.8. The maximum atomic E-state index is 10.8. The Balaban J connectivity index is 3.23. The van der Waals surface area contributed by atoms with Crippen LogP contribution in [0.3, 0.4) is 0 Å². The maximum absolute atomic E-state index is 10.8. The molecule has 0 saturated carbocycles. The molecule has 0 aliphatic heterocycles.